The van der Waals surface area contributed by atoms with Crippen LogP contribution in [0.1, 0.15) is 23.2 Å². The molecule has 1 amide bonds. The van der Waals surface area contributed by atoms with Crippen LogP contribution in [-0.4, -0.2) is 35.2 Å². The van der Waals surface area contributed by atoms with E-state index < -0.39 is 0 Å². The van der Waals surface area contributed by atoms with Gasteiger partial charge in [0.05, 0.1) is 17.5 Å². The summed E-state index contributed by atoms with van der Waals surface area (Å²) in [5, 5.41) is 12.8. The fraction of sp³-hybridized carbons (Fsp3) is 0.333. The average Bonchev–Trinajstić information content (AvgIpc) is 2.98. The number of rotatable bonds is 3. The first-order chi connectivity index (χ1) is 10.3. The van der Waals surface area contributed by atoms with Crippen molar-refractivity contribution in [3.8, 4) is 11.3 Å². The Labute approximate surface area is 134 Å². The molecule has 2 heterocycles. The van der Waals surface area contributed by atoms with Crippen molar-refractivity contribution in [1.29, 1.82) is 0 Å². The van der Waals surface area contributed by atoms with Gasteiger partial charge < -0.3 is 10.6 Å². The normalized spacial score (nSPS) is 15.1. The smallest absolute Gasteiger partial charge is 0.255 e. The van der Waals surface area contributed by atoms with Crippen molar-refractivity contribution in [3.63, 3.8) is 0 Å². The van der Waals surface area contributed by atoms with E-state index in [0.29, 0.717) is 16.8 Å². The molecule has 22 heavy (non-hydrogen) atoms. The molecule has 2 aromatic rings. The van der Waals surface area contributed by atoms with Gasteiger partial charge in [0, 0.05) is 11.6 Å². The Hall–Kier alpha value is -1.92. The molecular weight excluding hydrogens is 307 g/mol. The van der Waals surface area contributed by atoms with Gasteiger partial charge in [-0.25, -0.2) is 4.39 Å². The van der Waals surface area contributed by atoms with Crippen molar-refractivity contribution >= 4 is 18.3 Å². The number of piperidine rings is 1. The minimum absolute atomic E-state index is 0. The molecule has 3 rings (SSSR count). The van der Waals surface area contributed by atoms with E-state index in [1.807, 2.05) is 0 Å². The Morgan fingerprint density at radius 3 is 2.73 bits per heavy atom. The van der Waals surface area contributed by atoms with Crippen molar-refractivity contribution in [3.05, 3.63) is 41.8 Å². The fourth-order valence-electron chi connectivity index (χ4n) is 2.56. The van der Waals surface area contributed by atoms with E-state index in [0.717, 1.165) is 25.9 Å². The first-order valence-electron chi connectivity index (χ1n) is 7.05. The number of nitrogens with one attached hydrogen (secondary N) is 3. The molecular formula is C15H18ClFN4O. The molecule has 5 nitrogen and oxygen atoms in total. The van der Waals surface area contributed by atoms with Crippen LogP contribution >= 0.6 is 12.4 Å². The molecule has 3 N–H and O–H groups in total. The molecule has 0 bridgehead atoms. The Morgan fingerprint density at radius 2 is 2.00 bits per heavy atom. The number of amides is 1. The highest BCUT2D eigenvalue weighted by Crippen LogP contribution is 2.24. The quantitative estimate of drug-likeness (QED) is 0.810. The Bertz CT molecular complexity index is 640. The van der Waals surface area contributed by atoms with E-state index in [9.17, 15) is 9.18 Å². The number of hydrogen-bond acceptors (Lipinski definition) is 3. The van der Waals surface area contributed by atoms with Crippen LogP contribution in [0.15, 0.2) is 30.5 Å². The molecule has 0 unspecified atom stereocenters. The maximum Gasteiger partial charge on any atom is 0.255 e. The molecule has 1 aliphatic heterocycles. The summed E-state index contributed by atoms with van der Waals surface area (Å²) in [4.78, 5) is 12.4. The Morgan fingerprint density at radius 1 is 1.27 bits per heavy atom. The maximum atomic E-state index is 13.9. The van der Waals surface area contributed by atoms with E-state index in [1.165, 1.54) is 12.3 Å². The monoisotopic (exact) mass is 324 g/mol. The summed E-state index contributed by atoms with van der Waals surface area (Å²) >= 11 is 0. The van der Waals surface area contributed by atoms with E-state index in [1.54, 1.807) is 18.2 Å². The van der Waals surface area contributed by atoms with Gasteiger partial charge in [-0.1, -0.05) is 12.1 Å². The molecule has 0 saturated carbocycles. The van der Waals surface area contributed by atoms with E-state index in [-0.39, 0.29) is 30.2 Å². The van der Waals surface area contributed by atoms with Crippen LogP contribution < -0.4 is 10.6 Å². The minimum Gasteiger partial charge on any atom is -0.349 e. The largest absolute Gasteiger partial charge is 0.349 e. The number of aromatic nitrogens is 2. The predicted octanol–water partition coefficient (Wildman–Crippen LogP) is 2.12. The Balaban J connectivity index is 0.00000176. The SMILES string of the molecule is Cl.O=C(NC1CCNCC1)c1cn[nH]c1-c1ccccc1F. The summed E-state index contributed by atoms with van der Waals surface area (Å²) in [6.07, 6.45) is 3.25. The molecule has 118 valence electrons. The van der Waals surface area contributed by atoms with Crippen LogP contribution in [0.4, 0.5) is 4.39 Å². The van der Waals surface area contributed by atoms with Crippen molar-refractivity contribution in [2.75, 3.05) is 13.1 Å². The molecule has 1 aromatic heterocycles. The van der Waals surface area contributed by atoms with Gasteiger partial charge in [0.15, 0.2) is 0 Å². The lowest BCUT2D eigenvalue weighted by molar-refractivity contribution is 0.0930. The molecule has 0 aliphatic carbocycles. The standard InChI is InChI=1S/C15H17FN4O.ClH/c16-13-4-2-1-3-11(13)14-12(9-18-20-14)15(21)19-10-5-7-17-8-6-10;/h1-4,9-10,17H,5-8H2,(H,18,20)(H,19,21);1H. The van der Waals surface area contributed by atoms with Crippen molar-refractivity contribution in [2.24, 2.45) is 0 Å². The molecule has 1 saturated heterocycles. The number of nitrogens with zero attached hydrogens (tertiary/aromatic N) is 1. The van der Waals surface area contributed by atoms with Crippen molar-refractivity contribution < 1.29 is 9.18 Å². The minimum atomic E-state index is -0.377. The lowest BCUT2D eigenvalue weighted by Crippen LogP contribution is -2.42. The van der Waals surface area contributed by atoms with Crippen LogP contribution in [0.3, 0.4) is 0 Å². The third-order valence-electron chi connectivity index (χ3n) is 3.70. The highest BCUT2D eigenvalue weighted by atomic mass is 35.5. The first-order valence-corrected chi connectivity index (χ1v) is 7.05. The number of carbonyl (C=O) groups is 1. The number of carbonyl (C=O) groups excluding carboxylic acids is 1. The van der Waals surface area contributed by atoms with Gasteiger partial charge in [-0.2, -0.15) is 5.10 Å². The second-order valence-corrected chi connectivity index (χ2v) is 5.14. The number of aromatic amines is 1. The zero-order valence-electron chi connectivity index (χ0n) is 11.9. The lowest BCUT2D eigenvalue weighted by Gasteiger charge is -2.23. The van der Waals surface area contributed by atoms with Crippen LogP contribution in [0.5, 0.6) is 0 Å². The second kappa shape index (κ2) is 7.38. The van der Waals surface area contributed by atoms with Crippen LogP contribution in [0, 0.1) is 5.82 Å². The number of benzene rings is 1. The number of halogens is 2. The zero-order valence-corrected chi connectivity index (χ0v) is 12.8. The third kappa shape index (κ3) is 3.45. The number of hydrogen-bond donors (Lipinski definition) is 3. The van der Waals surface area contributed by atoms with Gasteiger partial charge in [-0.05, 0) is 38.1 Å². The van der Waals surface area contributed by atoms with Crippen LogP contribution in [0.25, 0.3) is 11.3 Å². The summed E-state index contributed by atoms with van der Waals surface area (Å²) in [6.45, 7) is 1.80. The van der Waals surface area contributed by atoms with E-state index in [2.05, 4.69) is 20.8 Å². The number of H-pyrrole nitrogens is 1. The van der Waals surface area contributed by atoms with Gasteiger partial charge in [0.25, 0.3) is 5.91 Å². The Kier molecular flexibility index (Phi) is 5.51. The third-order valence-corrected chi connectivity index (χ3v) is 3.70. The maximum absolute atomic E-state index is 13.9. The fourth-order valence-corrected chi connectivity index (χ4v) is 2.56. The molecule has 1 aromatic carbocycles. The molecule has 0 atom stereocenters. The van der Waals surface area contributed by atoms with E-state index in [4.69, 9.17) is 0 Å². The molecule has 1 fully saturated rings. The predicted molar refractivity (Wildman–Crippen MR) is 84.6 cm³/mol. The van der Waals surface area contributed by atoms with Gasteiger partial charge in [0.2, 0.25) is 0 Å². The molecule has 7 heteroatoms. The lowest BCUT2D eigenvalue weighted by atomic mass is 10.0. The van der Waals surface area contributed by atoms with Crippen LogP contribution in [-0.2, 0) is 0 Å². The molecule has 1 aliphatic rings. The van der Waals surface area contributed by atoms with Gasteiger partial charge in [-0.3, -0.25) is 9.89 Å². The first kappa shape index (κ1) is 16.5. The van der Waals surface area contributed by atoms with Crippen LogP contribution in [0.2, 0.25) is 0 Å². The summed E-state index contributed by atoms with van der Waals surface area (Å²) < 4.78 is 13.9. The van der Waals surface area contributed by atoms with Gasteiger partial charge >= 0.3 is 0 Å². The second-order valence-electron chi connectivity index (χ2n) is 5.14. The summed E-state index contributed by atoms with van der Waals surface area (Å²) in [5.74, 6) is -0.591. The molecule has 0 spiro atoms. The average molecular weight is 325 g/mol. The topological polar surface area (TPSA) is 69.8 Å². The van der Waals surface area contributed by atoms with Crippen molar-refractivity contribution in [2.45, 2.75) is 18.9 Å². The van der Waals surface area contributed by atoms with Gasteiger partial charge in [0.1, 0.15) is 5.82 Å². The highest BCUT2D eigenvalue weighted by Gasteiger charge is 2.21. The zero-order chi connectivity index (χ0) is 14.7. The highest BCUT2D eigenvalue weighted by molar-refractivity contribution is 5.99. The molecule has 0 radical (unpaired) electrons. The van der Waals surface area contributed by atoms with Gasteiger partial charge in [-0.15, -0.1) is 12.4 Å². The summed E-state index contributed by atoms with van der Waals surface area (Å²) in [5.41, 5.74) is 1.14. The summed E-state index contributed by atoms with van der Waals surface area (Å²) in [6, 6.07) is 6.49. The van der Waals surface area contributed by atoms with Crippen molar-refractivity contribution in [1.82, 2.24) is 20.8 Å². The van der Waals surface area contributed by atoms with E-state index >= 15 is 0 Å². The summed E-state index contributed by atoms with van der Waals surface area (Å²) in [7, 11) is 0.